The predicted octanol–water partition coefficient (Wildman–Crippen LogP) is 0.695. The number of halogens is 1. The normalized spacial score (nSPS) is 23.8. The summed E-state index contributed by atoms with van der Waals surface area (Å²) in [6, 6.07) is 6.64. The van der Waals surface area contributed by atoms with Crippen molar-refractivity contribution in [2.75, 3.05) is 0 Å². The fraction of sp³-hybridized carbons (Fsp3) is 0.125. The van der Waals surface area contributed by atoms with Gasteiger partial charge >= 0.3 is 10.2 Å². The standard InChI is InChI=1S/C8H8BrN3O2S/c9-6-3-1-5(2-4-6)7-8(10)12-15(13,14)11-7/h1-4,7,11H,(H2,10,12)/t7-/m1/s1. The van der Waals surface area contributed by atoms with E-state index in [9.17, 15) is 8.42 Å². The van der Waals surface area contributed by atoms with Crippen LogP contribution in [-0.4, -0.2) is 14.3 Å². The lowest BCUT2D eigenvalue weighted by Crippen LogP contribution is -2.28. The molecule has 0 amide bonds. The third kappa shape index (κ3) is 2.19. The molecule has 1 aliphatic rings. The first-order valence-electron chi connectivity index (χ1n) is 4.11. The number of amidine groups is 1. The summed E-state index contributed by atoms with van der Waals surface area (Å²) < 4.78 is 28.8. The van der Waals surface area contributed by atoms with Gasteiger partial charge in [-0.25, -0.2) is 0 Å². The topological polar surface area (TPSA) is 84.5 Å². The van der Waals surface area contributed by atoms with Gasteiger partial charge in [0, 0.05) is 4.47 Å². The maximum absolute atomic E-state index is 11.1. The summed E-state index contributed by atoms with van der Waals surface area (Å²) in [5.74, 6) is 0.0670. The van der Waals surface area contributed by atoms with Crippen molar-refractivity contribution < 1.29 is 8.42 Å². The Labute approximate surface area is 95.7 Å². The van der Waals surface area contributed by atoms with Crippen LogP contribution in [0, 0.1) is 0 Å². The number of rotatable bonds is 1. The highest BCUT2D eigenvalue weighted by atomic mass is 79.9. The summed E-state index contributed by atoms with van der Waals surface area (Å²) in [5, 5.41) is 0. The van der Waals surface area contributed by atoms with Crippen molar-refractivity contribution >= 4 is 32.0 Å². The van der Waals surface area contributed by atoms with Crippen LogP contribution in [0.4, 0.5) is 0 Å². The number of benzene rings is 1. The first-order chi connectivity index (χ1) is 6.98. The molecule has 0 unspecified atom stereocenters. The van der Waals surface area contributed by atoms with Gasteiger partial charge in [0.15, 0.2) is 0 Å². The van der Waals surface area contributed by atoms with Crippen LogP contribution in [0.5, 0.6) is 0 Å². The van der Waals surface area contributed by atoms with Crippen LogP contribution in [0.3, 0.4) is 0 Å². The molecule has 15 heavy (non-hydrogen) atoms. The Kier molecular flexibility index (Phi) is 2.53. The summed E-state index contributed by atoms with van der Waals surface area (Å²) in [4.78, 5) is 0. The smallest absolute Gasteiger partial charge is 0.322 e. The second kappa shape index (κ2) is 3.58. The van der Waals surface area contributed by atoms with Gasteiger partial charge in [-0.1, -0.05) is 28.1 Å². The Bertz CT molecular complexity index is 509. The molecule has 5 nitrogen and oxygen atoms in total. The third-order valence-corrected chi connectivity index (χ3v) is 3.50. The first-order valence-corrected chi connectivity index (χ1v) is 6.34. The van der Waals surface area contributed by atoms with E-state index in [1.807, 2.05) is 12.1 Å². The van der Waals surface area contributed by atoms with E-state index in [4.69, 9.17) is 5.73 Å². The van der Waals surface area contributed by atoms with E-state index in [2.05, 4.69) is 25.0 Å². The maximum atomic E-state index is 11.1. The lowest BCUT2D eigenvalue weighted by Gasteiger charge is -2.09. The third-order valence-electron chi connectivity index (χ3n) is 1.99. The molecule has 0 bridgehead atoms. The summed E-state index contributed by atoms with van der Waals surface area (Å²) in [5.41, 5.74) is 6.29. The lowest BCUT2D eigenvalue weighted by atomic mass is 10.1. The van der Waals surface area contributed by atoms with Gasteiger partial charge in [-0.2, -0.15) is 13.1 Å². The SMILES string of the molecule is NC1=NS(=O)(=O)N[C@@H]1c1ccc(Br)cc1. The van der Waals surface area contributed by atoms with Crippen molar-refractivity contribution in [3.05, 3.63) is 34.3 Å². The van der Waals surface area contributed by atoms with Gasteiger partial charge in [-0.15, -0.1) is 4.40 Å². The molecule has 0 radical (unpaired) electrons. The van der Waals surface area contributed by atoms with Gasteiger partial charge < -0.3 is 5.73 Å². The largest absolute Gasteiger partial charge is 0.385 e. The van der Waals surface area contributed by atoms with Gasteiger partial charge in [0.25, 0.3) is 0 Å². The van der Waals surface area contributed by atoms with Crippen molar-refractivity contribution in [3.63, 3.8) is 0 Å². The Morgan fingerprint density at radius 3 is 2.40 bits per heavy atom. The average Bonchev–Trinajstić information content (AvgIpc) is 2.41. The molecule has 1 aliphatic heterocycles. The molecule has 0 saturated carbocycles. The lowest BCUT2D eigenvalue weighted by molar-refractivity contribution is 0.585. The van der Waals surface area contributed by atoms with Crippen LogP contribution in [0.25, 0.3) is 0 Å². The van der Waals surface area contributed by atoms with Crippen molar-refractivity contribution in [2.24, 2.45) is 10.1 Å². The number of nitrogens with zero attached hydrogens (tertiary/aromatic N) is 1. The van der Waals surface area contributed by atoms with Crippen molar-refractivity contribution in [1.82, 2.24) is 4.72 Å². The minimum Gasteiger partial charge on any atom is -0.385 e. The molecule has 80 valence electrons. The van der Waals surface area contributed by atoms with Crippen LogP contribution in [0.15, 0.2) is 33.1 Å². The van der Waals surface area contributed by atoms with Crippen molar-refractivity contribution in [1.29, 1.82) is 0 Å². The van der Waals surface area contributed by atoms with Gasteiger partial charge in [-0.3, -0.25) is 0 Å². The Morgan fingerprint density at radius 2 is 1.93 bits per heavy atom. The summed E-state index contributed by atoms with van der Waals surface area (Å²) in [6.07, 6.45) is 0. The van der Waals surface area contributed by atoms with Crippen LogP contribution in [0.2, 0.25) is 0 Å². The van der Waals surface area contributed by atoms with Crippen LogP contribution in [-0.2, 0) is 10.2 Å². The number of nitrogens with one attached hydrogen (secondary N) is 1. The molecule has 1 aromatic carbocycles. The molecule has 1 heterocycles. The average molecular weight is 290 g/mol. The van der Waals surface area contributed by atoms with E-state index in [1.54, 1.807) is 12.1 Å². The Balaban J connectivity index is 2.35. The second-order valence-electron chi connectivity index (χ2n) is 3.09. The molecular formula is C8H8BrN3O2S. The highest BCUT2D eigenvalue weighted by molar-refractivity contribution is 9.10. The molecule has 0 aliphatic carbocycles. The quantitative estimate of drug-likeness (QED) is 0.798. The van der Waals surface area contributed by atoms with E-state index in [0.717, 1.165) is 10.0 Å². The number of hydrogen-bond donors (Lipinski definition) is 2. The van der Waals surface area contributed by atoms with Gasteiger partial charge in [-0.05, 0) is 17.7 Å². The first kappa shape index (κ1) is 10.6. The molecule has 0 spiro atoms. The zero-order valence-corrected chi connectivity index (χ0v) is 9.92. The van der Waals surface area contributed by atoms with E-state index < -0.39 is 16.3 Å². The van der Waals surface area contributed by atoms with Crippen LogP contribution >= 0.6 is 15.9 Å². The fourth-order valence-electron chi connectivity index (χ4n) is 1.32. The Hall–Kier alpha value is -0.920. The molecule has 0 saturated heterocycles. The maximum Gasteiger partial charge on any atom is 0.322 e. The summed E-state index contributed by atoms with van der Waals surface area (Å²) in [6.45, 7) is 0. The van der Waals surface area contributed by atoms with E-state index >= 15 is 0 Å². The van der Waals surface area contributed by atoms with E-state index in [-0.39, 0.29) is 5.84 Å². The fourth-order valence-corrected chi connectivity index (χ4v) is 2.58. The molecule has 7 heteroatoms. The highest BCUT2D eigenvalue weighted by Crippen LogP contribution is 2.21. The monoisotopic (exact) mass is 289 g/mol. The zero-order valence-electron chi connectivity index (χ0n) is 7.51. The van der Waals surface area contributed by atoms with Crippen molar-refractivity contribution in [2.45, 2.75) is 6.04 Å². The second-order valence-corrected chi connectivity index (χ2v) is 5.38. The molecule has 1 aromatic rings. The van der Waals surface area contributed by atoms with Crippen LogP contribution < -0.4 is 10.5 Å². The molecule has 0 fully saturated rings. The van der Waals surface area contributed by atoms with Crippen LogP contribution in [0.1, 0.15) is 11.6 Å². The zero-order chi connectivity index (χ0) is 11.1. The van der Waals surface area contributed by atoms with E-state index in [0.29, 0.717) is 0 Å². The number of nitrogens with two attached hydrogens (primary N) is 1. The predicted molar refractivity (Wildman–Crippen MR) is 60.6 cm³/mol. The van der Waals surface area contributed by atoms with Crippen molar-refractivity contribution in [3.8, 4) is 0 Å². The minimum atomic E-state index is -3.60. The molecule has 0 aromatic heterocycles. The van der Waals surface area contributed by atoms with Gasteiger partial charge in [0.1, 0.15) is 11.9 Å². The molecule has 2 rings (SSSR count). The van der Waals surface area contributed by atoms with E-state index in [1.165, 1.54) is 0 Å². The van der Waals surface area contributed by atoms with Gasteiger partial charge in [0.2, 0.25) is 0 Å². The molecule has 3 N–H and O–H groups in total. The van der Waals surface area contributed by atoms with Gasteiger partial charge in [0.05, 0.1) is 0 Å². The molecule has 1 atom stereocenters. The highest BCUT2D eigenvalue weighted by Gasteiger charge is 2.29. The minimum absolute atomic E-state index is 0.0670. The Morgan fingerprint density at radius 1 is 1.33 bits per heavy atom. The number of hydrogen-bond acceptors (Lipinski definition) is 3. The summed E-state index contributed by atoms with van der Waals surface area (Å²) >= 11 is 3.29. The molecular weight excluding hydrogens is 282 g/mol. The summed E-state index contributed by atoms with van der Waals surface area (Å²) in [7, 11) is -3.60.